The van der Waals surface area contributed by atoms with Crippen LogP contribution in [0.3, 0.4) is 0 Å². The van der Waals surface area contributed by atoms with Crippen molar-refractivity contribution in [3.63, 3.8) is 0 Å². The molecular formula is C19H21Cl2N3O2. The second-order valence-corrected chi connectivity index (χ2v) is 6.72. The van der Waals surface area contributed by atoms with Crippen molar-refractivity contribution < 1.29 is 9.59 Å². The van der Waals surface area contributed by atoms with E-state index in [1.165, 1.54) is 4.90 Å². The molecule has 138 valence electrons. The quantitative estimate of drug-likeness (QED) is 0.752. The number of likely N-dealkylation sites (N-methyl/N-ethyl adjacent to an activating group) is 1. The summed E-state index contributed by atoms with van der Waals surface area (Å²) in [7, 11) is 1.58. The topological polar surface area (TPSA) is 61.4 Å². The molecule has 0 aliphatic carbocycles. The third kappa shape index (κ3) is 5.73. The second kappa shape index (κ2) is 9.57. The first-order valence-corrected chi connectivity index (χ1v) is 8.90. The first kappa shape index (κ1) is 20.2. The van der Waals surface area contributed by atoms with E-state index in [9.17, 15) is 9.59 Å². The van der Waals surface area contributed by atoms with Crippen molar-refractivity contribution in [2.75, 3.05) is 25.5 Å². The second-order valence-electron chi connectivity index (χ2n) is 5.90. The molecule has 5 nitrogen and oxygen atoms in total. The molecule has 0 aliphatic rings. The van der Waals surface area contributed by atoms with Crippen molar-refractivity contribution in [2.45, 2.75) is 13.0 Å². The van der Waals surface area contributed by atoms with E-state index in [2.05, 4.69) is 10.6 Å². The van der Waals surface area contributed by atoms with Crippen LogP contribution in [0, 0.1) is 0 Å². The van der Waals surface area contributed by atoms with Gasteiger partial charge in [-0.1, -0.05) is 53.5 Å². The Morgan fingerprint density at radius 2 is 1.65 bits per heavy atom. The first-order chi connectivity index (χ1) is 12.4. The maximum Gasteiger partial charge on any atom is 0.244 e. The number of benzene rings is 2. The van der Waals surface area contributed by atoms with E-state index >= 15 is 0 Å². The van der Waals surface area contributed by atoms with Crippen molar-refractivity contribution in [1.82, 2.24) is 10.2 Å². The van der Waals surface area contributed by atoms with Gasteiger partial charge in [0, 0.05) is 18.1 Å². The van der Waals surface area contributed by atoms with Crippen molar-refractivity contribution >= 4 is 40.7 Å². The highest BCUT2D eigenvalue weighted by molar-refractivity contribution is 6.33. The number of hydrogen-bond acceptors (Lipinski definition) is 3. The molecular weight excluding hydrogens is 373 g/mol. The molecule has 0 radical (unpaired) electrons. The molecule has 0 heterocycles. The Kier molecular flexibility index (Phi) is 7.45. The summed E-state index contributed by atoms with van der Waals surface area (Å²) >= 11 is 12.2. The van der Waals surface area contributed by atoms with Crippen LogP contribution < -0.4 is 10.6 Å². The van der Waals surface area contributed by atoms with Crippen molar-refractivity contribution in [3.05, 3.63) is 64.1 Å². The molecule has 0 saturated heterocycles. The van der Waals surface area contributed by atoms with Crippen LogP contribution in [0.4, 0.5) is 5.69 Å². The van der Waals surface area contributed by atoms with Crippen molar-refractivity contribution in [1.29, 1.82) is 0 Å². The van der Waals surface area contributed by atoms with Gasteiger partial charge in [0.15, 0.2) is 0 Å². The highest BCUT2D eigenvalue weighted by Gasteiger charge is 2.16. The zero-order valence-corrected chi connectivity index (χ0v) is 16.1. The molecule has 26 heavy (non-hydrogen) atoms. The lowest BCUT2D eigenvalue weighted by Crippen LogP contribution is -2.40. The summed E-state index contributed by atoms with van der Waals surface area (Å²) in [5.41, 5.74) is 1.44. The van der Waals surface area contributed by atoms with Crippen LogP contribution in [0.5, 0.6) is 0 Å². The van der Waals surface area contributed by atoms with Crippen LogP contribution in [-0.2, 0) is 9.59 Å². The van der Waals surface area contributed by atoms with Gasteiger partial charge in [0.25, 0.3) is 0 Å². The Morgan fingerprint density at radius 3 is 2.31 bits per heavy atom. The number of amides is 2. The number of rotatable bonds is 7. The fourth-order valence-corrected chi connectivity index (χ4v) is 2.85. The summed E-state index contributed by atoms with van der Waals surface area (Å²) in [5.74, 6) is -0.508. The molecule has 2 rings (SSSR count). The molecule has 2 aromatic carbocycles. The van der Waals surface area contributed by atoms with Gasteiger partial charge in [-0.3, -0.25) is 9.59 Å². The zero-order valence-electron chi connectivity index (χ0n) is 14.6. The van der Waals surface area contributed by atoms with E-state index in [0.29, 0.717) is 15.7 Å². The van der Waals surface area contributed by atoms with E-state index in [1.54, 1.807) is 31.3 Å². The smallest absolute Gasteiger partial charge is 0.244 e. The predicted octanol–water partition coefficient (Wildman–Crippen LogP) is 3.74. The fraction of sp³-hybridized carbons (Fsp3) is 0.263. The number of halogens is 2. The van der Waals surface area contributed by atoms with Gasteiger partial charge in [0.1, 0.15) is 0 Å². The summed E-state index contributed by atoms with van der Waals surface area (Å²) in [5, 5.41) is 6.91. The molecule has 0 unspecified atom stereocenters. The van der Waals surface area contributed by atoms with Crippen molar-refractivity contribution in [2.24, 2.45) is 0 Å². The summed E-state index contributed by atoms with van der Waals surface area (Å²) in [6.07, 6.45) is 0. The van der Waals surface area contributed by atoms with Crippen LogP contribution in [0.2, 0.25) is 10.0 Å². The Hall–Kier alpha value is -2.08. The Balaban J connectivity index is 1.83. The Labute approximate surface area is 163 Å². The molecule has 1 atom stereocenters. The summed E-state index contributed by atoms with van der Waals surface area (Å²) in [6.45, 7) is 1.97. The summed E-state index contributed by atoms with van der Waals surface area (Å²) < 4.78 is 0. The van der Waals surface area contributed by atoms with Crippen LogP contribution >= 0.6 is 23.2 Å². The lowest BCUT2D eigenvalue weighted by atomic mass is 10.1. The van der Waals surface area contributed by atoms with Gasteiger partial charge >= 0.3 is 0 Å². The number of nitrogens with one attached hydrogen (secondary N) is 2. The zero-order chi connectivity index (χ0) is 19.1. The van der Waals surface area contributed by atoms with Gasteiger partial charge in [-0.05, 0) is 30.7 Å². The summed E-state index contributed by atoms with van der Waals surface area (Å²) in [6, 6.07) is 14.3. The number of anilines is 1. The molecule has 2 N–H and O–H groups in total. The lowest BCUT2D eigenvalue weighted by molar-refractivity contribution is -0.132. The van der Waals surface area contributed by atoms with Gasteiger partial charge in [0.2, 0.25) is 11.8 Å². The highest BCUT2D eigenvalue weighted by atomic mass is 35.5. The van der Waals surface area contributed by atoms with Gasteiger partial charge in [-0.2, -0.15) is 0 Å². The minimum atomic E-state index is -0.312. The SMILES string of the molecule is C[C@H](NCC(=O)N(C)CC(=O)Nc1ccccc1Cl)c1ccccc1Cl. The van der Waals surface area contributed by atoms with E-state index in [4.69, 9.17) is 23.2 Å². The number of hydrogen-bond donors (Lipinski definition) is 2. The van der Waals surface area contributed by atoms with Crippen molar-refractivity contribution in [3.8, 4) is 0 Å². The average Bonchev–Trinajstić information content (AvgIpc) is 2.61. The third-order valence-electron chi connectivity index (χ3n) is 3.89. The predicted molar refractivity (Wildman–Crippen MR) is 106 cm³/mol. The van der Waals surface area contributed by atoms with Gasteiger partial charge < -0.3 is 15.5 Å². The maximum atomic E-state index is 12.2. The minimum Gasteiger partial charge on any atom is -0.335 e. The fourth-order valence-electron chi connectivity index (χ4n) is 2.37. The number of carbonyl (C=O) groups is 2. The highest BCUT2D eigenvalue weighted by Crippen LogP contribution is 2.22. The van der Waals surface area contributed by atoms with Gasteiger partial charge in [-0.15, -0.1) is 0 Å². The molecule has 2 amide bonds. The largest absolute Gasteiger partial charge is 0.335 e. The molecule has 0 fully saturated rings. The molecule has 2 aromatic rings. The van der Waals surface area contributed by atoms with E-state index in [1.807, 2.05) is 31.2 Å². The van der Waals surface area contributed by atoms with Gasteiger partial charge in [0.05, 0.1) is 23.8 Å². The van der Waals surface area contributed by atoms with E-state index in [0.717, 1.165) is 5.56 Å². The monoisotopic (exact) mass is 393 g/mol. The number of nitrogens with zero attached hydrogens (tertiary/aromatic N) is 1. The van der Waals surface area contributed by atoms with Crippen LogP contribution in [-0.4, -0.2) is 36.9 Å². The first-order valence-electron chi connectivity index (χ1n) is 8.14. The Bertz CT molecular complexity index is 783. The molecule has 0 aliphatic heterocycles. The average molecular weight is 394 g/mol. The van der Waals surface area contributed by atoms with Gasteiger partial charge in [-0.25, -0.2) is 0 Å². The standard InChI is InChI=1S/C19H21Cl2N3O2/c1-13(14-7-3-4-8-15(14)20)22-11-19(26)24(2)12-18(25)23-17-10-6-5-9-16(17)21/h3-10,13,22H,11-12H2,1-2H3,(H,23,25)/t13-/m0/s1. The van der Waals surface area contributed by atoms with Crippen LogP contribution in [0.15, 0.2) is 48.5 Å². The minimum absolute atomic E-state index is 0.0633. The number of para-hydroxylation sites is 1. The maximum absolute atomic E-state index is 12.2. The molecule has 7 heteroatoms. The van der Waals surface area contributed by atoms with E-state index in [-0.39, 0.29) is 30.9 Å². The molecule has 0 saturated carbocycles. The molecule has 0 spiro atoms. The molecule has 0 aromatic heterocycles. The summed E-state index contributed by atoms with van der Waals surface area (Å²) in [4.78, 5) is 25.7. The van der Waals surface area contributed by atoms with Crippen LogP contribution in [0.1, 0.15) is 18.5 Å². The van der Waals surface area contributed by atoms with E-state index < -0.39 is 0 Å². The lowest BCUT2D eigenvalue weighted by Gasteiger charge is -2.20. The molecule has 0 bridgehead atoms. The number of carbonyl (C=O) groups excluding carboxylic acids is 2. The normalized spacial score (nSPS) is 11.7. The van der Waals surface area contributed by atoms with Crippen LogP contribution in [0.25, 0.3) is 0 Å². The third-order valence-corrected chi connectivity index (χ3v) is 4.56. The Morgan fingerprint density at radius 1 is 1.04 bits per heavy atom.